The van der Waals surface area contributed by atoms with Crippen LogP contribution in [-0.4, -0.2) is 30.4 Å². The molecule has 0 aliphatic heterocycles. The summed E-state index contributed by atoms with van der Waals surface area (Å²) in [6, 6.07) is 16.0. The Bertz CT molecular complexity index is 1200. The molecule has 146 valence electrons. The number of nitrogens with zero attached hydrogens (tertiary/aromatic N) is 5. The number of carbonyl (C=O) groups is 1. The Kier molecular flexibility index (Phi) is 4.78. The van der Waals surface area contributed by atoms with E-state index in [4.69, 9.17) is 0 Å². The third-order valence-corrected chi connectivity index (χ3v) is 4.54. The molecule has 9 nitrogen and oxygen atoms in total. The van der Waals surface area contributed by atoms with Crippen molar-refractivity contribution in [3.8, 4) is 0 Å². The number of rotatable bonds is 6. The van der Waals surface area contributed by atoms with Gasteiger partial charge in [-0.25, -0.2) is 0 Å². The third-order valence-electron chi connectivity index (χ3n) is 4.54. The summed E-state index contributed by atoms with van der Waals surface area (Å²) in [6.45, 7) is 1.97. The van der Waals surface area contributed by atoms with Gasteiger partial charge in [0.25, 0.3) is 0 Å². The number of fused-ring (bicyclic) bond motifs is 1. The number of anilines is 1. The van der Waals surface area contributed by atoms with Gasteiger partial charge >= 0.3 is 5.69 Å². The van der Waals surface area contributed by atoms with E-state index < -0.39 is 4.92 Å². The van der Waals surface area contributed by atoms with Crippen molar-refractivity contribution in [1.82, 2.24) is 19.6 Å². The van der Waals surface area contributed by atoms with Crippen molar-refractivity contribution in [1.29, 1.82) is 0 Å². The van der Waals surface area contributed by atoms with Crippen LogP contribution >= 0.6 is 0 Å². The number of hydrogen-bond donors (Lipinski definition) is 1. The van der Waals surface area contributed by atoms with Gasteiger partial charge in [-0.1, -0.05) is 42.5 Å². The highest BCUT2D eigenvalue weighted by atomic mass is 16.6. The normalized spacial score (nSPS) is 10.9. The number of aryl methyl sites for hydroxylation is 1. The van der Waals surface area contributed by atoms with Crippen molar-refractivity contribution < 1.29 is 9.72 Å². The van der Waals surface area contributed by atoms with Crippen LogP contribution < -0.4 is 5.32 Å². The number of nitrogens with one attached hydrogen (secondary N) is 1. The molecular formula is C20H18N6O3. The molecular weight excluding hydrogens is 372 g/mol. The Morgan fingerprint density at radius 1 is 1.10 bits per heavy atom. The Balaban J connectivity index is 1.43. The number of amides is 1. The SMILES string of the molecule is Cc1nn(CC(=O)Nc2ccn(Cc3cccc4ccccc34)n2)cc1[N+](=O)[O-]. The van der Waals surface area contributed by atoms with Crippen LogP contribution in [-0.2, 0) is 17.9 Å². The lowest BCUT2D eigenvalue weighted by Crippen LogP contribution is -2.19. The molecule has 2 heterocycles. The van der Waals surface area contributed by atoms with Gasteiger partial charge in [0.1, 0.15) is 18.4 Å². The number of benzene rings is 2. The minimum absolute atomic E-state index is 0.114. The van der Waals surface area contributed by atoms with Gasteiger partial charge in [0.2, 0.25) is 5.91 Å². The number of aromatic nitrogens is 4. The lowest BCUT2D eigenvalue weighted by molar-refractivity contribution is -0.385. The molecule has 1 amide bonds. The average molecular weight is 390 g/mol. The van der Waals surface area contributed by atoms with Crippen LogP contribution in [0.15, 0.2) is 60.9 Å². The van der Waals surface area contributed by atoms with E-state index in [0.29, 0.717) is 12.4 Å². The van der Waals surface area contributed by atoms with E-state index in [1.165, 1.54) is 17.8 Å². The summed E-state index contributed by atoms with van der Waals surface area (Å²) in [4.78, 5) is 22.6. The fourth-order valence-electron chi connectivity index (χ4n) is 3.22. The molecule has 9 heteroatoms. The zero-order chi connectivity index (χ0) is 20.4. The third kappa shape index (κ3) is 3.98. The maximum absolute atomic E-state index is 12.2. The van der Waals surface area contributed by atoms with Crippen LogP contribution in [0, 0.1) is 17.0 Å². The molecule has 4 rings (SSSR count). The first-order chi connectivity index (χ1) is 14.0. The summed E-state index contributed by atoms with van der Waals surface area (Å²) >= 11 is 0. The van der Waals surface area contributed by atoms with Gasteiger partial charge in [-0.15, -0.1) is 0 Å². The summed E-state index contributed by atoms with van der Waals surface area (Å²) in [5.41, 5.74) is 1.28. The zero-order valence-electron chi connectivity index (χ0n) is 15.6. The Morgan fingerprint density at radius 3 is 2.69 bits per heavy atom. The molecule has 4 aromatic rings. The molecule has 0 atom stereocenters. The molecule has 1 N–H and O–H groups in total. The summed E-state index contributed by atoms with van der Waals surface area (Å²) in [6.07, 6.45) is 3.04. The molecule has 29 heavy (non-hydrogen) atoms. The maximum atomic E-state index is 12.2. The van der Waals surface area contributed by atoms with E-state index >= 15 is 0 Å². The second-order valence-electron chi connectivity index (χ2n) is 6.64. The Labute approximate surface area is 165 Å². The van der Waals surface area contributed by atoms with Gasteiger partial charge < -0.3 is 5.32 Å². The summed E-state index contributed by atoms with van der Waals surface area (Å²) in [5.74, 6) is 0.0476. The average Bonchev–Trinajstić information content (AvgIpc) is 3.28. The minimum atomic E-state index is -0.522. The quantitative estimate of drug-likeness (QED) is 0.402. The Hall–Kier alpha value is -4.01. The molecule has 0 bridgehead atoms. The summed E-state index contributed by atoms with van der Waals surface area (Å²) in [5, 5.41) is 24.3. The first kappa shape index (κ1) is 18.4. The molecule has 0 radical (unpaired) electrons. The van der Waals surface area contributed by atoms with E-state index in [9.17, 15) is 14.9 Å². The summed E-state index contributed by atoms with van der Waals surface area (Å²) < 4.78 is 3.00. The highest BCUT2D eigenvalue weighted by Crippen LogP contribution is 2.19. The van der Waals surface area contributed by atoms with Crippen LogP contribution in [0.5, 0.6) is 0 Å². The molecule has 0 unspecified atom stereocenters. The van der Waals surface area contributed by atoms with Gasteiger partial charge in [-0.3, -0.25) is 24.3 Å². The van der Waals surface area contributed by atoms with Crippen LogP contribution in [0.4, 0.5) is 11.5 Å². The molecule has 0 spiro atoms. The van der Waals surface area contributed by atoms with Crippen molar-refractivity contribution in [3.05, 3.63) is 82.3 Å². The van der Waals surface area contributed by atoms with Crippen molar-refractivity contribution in [3.63, 3.8) is 0 Å². The minimum Gasteiger partial charge on any atom is -0.308 e. The highest BCUT2D eigenvalue weighted by Gasteiger charge is 2.17. The maximum Gasteiger partial charge on any atom is 0.309 e. The van der Waals surface area contributed by atoms with Gasteiger partial charge in [-0.05, 0) is 23.3 Å². The van der Waals surface area contributed by atoms with E-state index in [1.54, 1.807) is 16.9 Å². The van der Waals surface area contributed by atoms with Gasteiger partial charge in [0, 0.05) is 12.3 Å². The molecule has 0 fully saturated rings. The number of nitro groups is 1. The number of hydrogen-bond acceptors (Lipinski definition) is 5. The van der Waals surface area contributed by atoms with Crippen molar-refractivity contribution in [2.75, 3.05) is 5.32 Å². The van der Waals surface area contributed by atoms with Gasteiger partial charge in [-0.2, -0.15) is 10.2 Å². The molecule has 0 saturated carbocycles. The molecule has 2 aromatic carbocycles. The van der Waals surface area contributed by atoms with Gasteiger partial charge in [0.05, 0.1) is 11.5 Å². The fourth-order valence-corrected chi connectivity index (χ4v) is 3.22. The monoisotopic (exact) mass is 390 g/mol. The topological polar surface area (TPSA) is 108 Å². The fraction of sp³-hybridized carbons (Fsp3) is 0.150. The molecule has 2 aromatic heterocycles. The van der Waals surface area contributed by atoms with Crippen LogP contribution in [0.2, 0.25) is 0 Å². The van der Waals surface area contributed by atoms with Crippen molar-refractivity contribution in [2.24, 2.45) is 0 Å². The molecule has 0 aliphatic rings. The van der Waals surface area contributed by atoms with E-state index in [0.717, 1.165) is 16.3 Å². The lowest BCUT2D eigenvalue weighted by atomic mass is 10.0. The first-order valence-electron chi connectivity index (χ1n) is 8.98. The van der Waals surface area contributed by atoms with Crippen molar-refractivity contribution in [2.45, 2.75) is 20.0 Å². The first-order valence-corrected chi connectivity index (χ1v) is 8.98. The lowest BCUT2D eigenvalue weighted by Gasteiger charge is -2.07. The van der Waals surface area contributed by atoms with E-state index in [2.05, 4.69) is 39.8 Å². The van der Waals surface area contributed by atoms with Gasteiger partial charge in [0.15, 0.2) is 5.82 Å². The molecule has 0 aliphatic carbocycles. The predicted octanol–water partition coefficient (Wildman–Crippen LogP) is 3.14. The predicted molar refractivity (Wildman–Crippen MR) is 108 cm³/mol. The van der Waals surface area contributed by atoms with Crippen LogP contribution in [0.3, 0.4) is 0 Å². The van der Waals surface area contributed by atoms with Crippen LogP contribution in [0.1, 0.15) is 11.3 Å². The molecule has 0 saturated heterocycles. The second-order valence-corrected chi connectivity index (χ2v) is 6.64. The highest BCUT2D eigenvalue weighted by molar-refractivity contribution is 5.89. The Morgan fingerprint density at radius 2 is 1.90 bits per heavy atom. The number of carbonyl (C=O) groups excluding carboxylic acids is 1. The smallest absolute Gasteiger partial charge is 0.308 e. The standard InChI is InChI=1S/C20H18N6O3/c1-14-18(26(28)29)12-25(22-14)13-20(27)21-19-9-10-24(23-19)11-16-7-4-6-15-5-2-3-8-17(15)16/h2-10,12H,11,13H2,1H3,(H,21,23,27). The zero-order valence-corrected chi connectivity index (χ0v) is 15.6. The van der Waals surface area contributed by atoms with E-state index in [-0.39, 0.29) is 23.8 Å². The second kappa shape index (κ2) is 7.55. The van der Waals surface area contributed by atoms with E-state index in [1.807, 2.05) is 18.2 Å². The van der Waals surface area contributed by atoms with Crippen molar-refractivity contribution >= 4 is 28.2 Å². The largest absolute Gasteiger partial charge is 0.309 e. The summed E-state index contributed by atoms with van der Waals surface area (Å²) in [7, 11) is 0. The van der Waals surface area contributed by atoms with Crippen LogP contribution in [0.25, 0.3) is 10.8 Å².